The number of nitrogens with one attached hydrogen (secondary N) is 1. The summed E-state index contributed by atoms with van der Waals surface area (Å²) in [7, 11) is 3.34. The minimum atomic E-state index is 0.507. The Balaban J connectivity index is 1.66. The van der Waals surface area contributed by atoms with Gasteiger partial charge in [0.1, 0.15) is 0 Å². The summed E-state index contributed by atoms with van der Waals surface area (Å²) in [6.07, 6.45) is 6.37. The Bertz CT molecular complexity index is 646. The number of ether oxygens (including phenoxy) is 3. The number of benzene rings is 1. The van der Waals surface area contributed by atoms with Crippen molar-refractivity contribution in [2.75, 3.05) is 53.6 Å². The van der Waals surface area contributed by atoms with E-state index in [1.807, 2.05) is 12.1 Å². The number of morpholine rings is 1. The molecule has 6 nitrogen and oxygen atoms in total. The molecule has 1 aromatic rings. The van der Waals surface area contributed by atoms with E-state index in [9.17, 15) is 0 Å². The van der Waals surface area contributed by atoms with Gasteiger partial charge in [0.05, 0.1) is 27.4 Å². The van der Waals surface area contributed by atoms with Crippen LogP contribution in [0.4, 0.5) is 0 Å². The van der Waals surface area contributed by atoms with Crippen LogP contribution in [0.1, 0.15) is 37.7 Å². The predicted molar refractivity (Wildman–Crippen MR) is 120 cm³/mol. The maximum atomic E-state index is 5.85. The lowest BCUT2D eigenvalue weighted by Crippen LogP contribution is -2.48. The molecule has 162 valence electrons. The number of nitrogens with zero attached hydrogens (tertiary/aromatic N) is 2. The molecule has 1 N–H and O–H groups in total. The van der Waals surface area contributed by atoms with E-state index in [4.69, 9.17) is 26.4 Å². The van der Waals surface area contributed by atoms with Crippen molar-refractivity contribution in [2.24, 2.45) is 0 Å². The van der Waals surface area contributed by atoms with Crippen LogP contribution in [0.25, 0.3) is 0 Å². The van der Waals surface area contributed by atoms with Gasteiger partial charge in [-0.15, -0.1) is 0 Å². The molecule has 3 rings (SSSR count). The molecule has 2 fully saturated rings. The topological polar surface area (TPSA) is 46.2 Å². The Morgan fingerprint density at radius 3 is 2.55 bits per heavy atom. The van der Waals surface area contributed by atoms with Gasteiger partial charge in [-0.25, -0.2) is 0 Å². The highest BCUT2D eigenvalue weighted by molar-refractivity contribution is 7.80. The lowest BCUT2D eigenvalue weighted by molar-refractivity contribution is 0.0357. The molecule has 1 saturated heterocycles. The third-order valence-electron chi connectivity index (χ3n) is 5.83. The van der Waals surface area contributed by atoms with Crippen molar-refractivity contribution in [1.82, 2.24) is 15.1 Å². The van der Waals surface area contributed by atoms with Crippen molar-refractivity contribution < 1.29 is 14.2 Å². The van der Waals surface area contributed by atoms with Gasteiger partial charge in [0.15, 0.2) is 16.6 Å². The summed E-state index contributed by atoms with van der Waals surface area (Å²) in [6, 6.07) is 6.61. The van der Waals surface area contributed by atoms with Crippen molar-refractivity contribution in [3.05, 3.63) is 23.8 Å². The Kier molecular flexibility index (Phi) is 8.83. The third kappa shape index (κ3) is 6.73. The van der Waals surface area contributed by atoms with E-state index in [0.717, 1.165) is 68.1 Å². The van der Waals surface area contributed by atoms with E-state index in [1.165, 1.54) is 32.1 Å². The summed E-state index contributed by atoms with van der Waals surface area (Å²) in [6.45, 7) is 6.26. The van der Waals surface area contributed by atoms with Gasteiger partial charge in [0.25, 0.3) is 0 Å². The van der Waals surface area contributed by atoms with Gasteiger partial charge in [-0.2, -0.15) is 0 Å². The standard InChI is InChI=1S/C22H35N3O3S/c1-26-20-9-8-18(16-21(20)27-2)17-25(11-10-24-12-14-28-15-13-24)22(29)23-19-6-4-3-5-7-19/h8-9,16,19H,3-7,10-15,17H2,1-2H3,(H,23,29). The molecular formula is C22H35N3O3S. The third-order valence-corrected chi connectivity index (χ3v) is 6.21. The Morgan fingerprint density at radius 1 is 1.14 bits per heavy atom. The van der Waals surface area contributed by atoms with E-state index in [1.54, 1.807) is 14.2 Å². The fraction of sp³-hybridized carbons (Fsp3) is 0.682. The molecule has 7 heteroatoms. The van der Waals surface area contributed by atoms with E-state index in [-0.39, 0.29) is 0 Å². The molecule has 0 amide bonds. The number of hydrogen-bond acceptors (Lipinski definition) is 5. The van der Waals surface area contributed by atoms with Crippen molar-refractivity contribution in [3.63, 3.8) is 0 Å². The number of rotatable bonds is 8. The zero-order chi connectivity index (χ0) is 20.5. The van der Waals surface area contributed by atoms with Crippen LogP contribution in [-0.4, -0.2) is 74.6 Å². The summed E-state index contributed by atoms with van der Waals surface area (Å²) in [5, 5.41) is 4.50. The molecule has 0 atom stereocenters. The van der Waals surface area contributed by atoms with Gasteiger partial charge in [-0.1, -0.05) is 25.3 Å². The Morgan fingerprint density at radius 2 is 1.86 bits per heavy atom. The molecule has 1 aliphatic carbocycles. The highest BCUT2D eigenvalue weighted by Gasteiger charge is 2.19. The molecule has 1 aromatic carbocycles. The fourth-order valence-corrected chi connectivity index (χ4v) is 4.37. The number of thiocarbonyl (C=S) groups is 1. The molecule has 0 unspecified atom stereocenters. The van der Waals surface area contributed by atoms with E-state index in [0.29, 0.717) is 6.04 Å². The second-order valence-corrected chi connectivity index (χ2v) is 8.24. The molecule has 29 heavy (non-hydrogen) atoms. The molecule has 1 aliphatic heterocycles. The van der Waals surface area contributed by atoms with Crippen LogP contribution in [0, 0.1) is 0 Å². The van der Waals surface area contributed by atoms with E-state index < -0.39 is 0 Å². The molecule has 0 bridgehead atoms. The first-order chi connectivity index (χ1) is 14.2. The fourth-order valence-electron chi connectivity index (χ4n) is 4.05. The summed E-state index contributed by atoms with van der Waals surface area (Å²) >= 11 is 5.85. The second-order valence-electron chi connectivity index (χ2n) is 7.85. The number of methoxy groups -OCH3 is 2. The maximum Gasteiger partial charge on any atom is 0.169 e. The lowest BCUT2D eigenvalue weighted by atomic mass is 9.96. The number of hydrogen-bond donors (Lipinski definition) is 1. The quantitative estimate of drug-likeness (QED) is 0.647. The van der Waals surface area contributed by atoms with Crippen LogP contribution in [0.2, 0.25) is 0 Å². The zero-order valence-corrected chi connectivity index (χ0v) is 18.6. The first-order valence-electron chi connectivity index (χ1n) is 10.8. The predicted octanol–water partition coefficient (Wildman–Crippen LogP) is 3.05. The second kappa shape index (κ2) is 11.6. The summed E-state index contributed by atoms with van der Waals surface area (Å²) in [4.78, 5) is 4.75. The molecule has 1 heterocycles. The normalized spacial score (nSPS) is 18.3. The van der Waals surface area contributed by atoms with Crippen LogP contribution in [-0.2, 0) is 11.3 Å². The van der Waals surface area contributed by atoms with Crippen LogP contribution in [0.5, 0.6) is 11.5 Å². The maximum absolute atomic E-state index is 5.85. The van der Waals surface area contributed by atoms with Crippen molar-refractivity contribution in [1.29, 1.82) is 0 Å². The van der Waals surface area contributed by atoms with Gasteiger partial charge in [-0.3, -0.25) is 4.90 Å². The summed E-state index contributed by atoms with van der Waals surface area (Å²) < 4.78 is 16.3. The molecule has 0 spiro atoms. The lowest BCUT2D eigenvalue weighted by Gasteiger charge is -2.33. The van der Waals surface area contributed by atoms with Crippen molar-refractivity contribution in [3.8, 4) is 11.5 Å². The van der Waals surface area contributed by atoms with E-state index >= 15 is 0 Å². The van der Waals surface area contributed by atoms with Crippen LogP contribution >= 0.6 is 12.2 Å². The van der Waals surface area contributed by atoms with Gasteiger partial charge in [0.2, 0.25) is 0 Å². The van der Waals surface area contributed by atoms with Gasteiger partial charge in [0, 0.05) is 38.8 Å². The van der Waals surface area contributed by atoms with Crippen LogP contribution in [0.3, 0.4) is 0 Å². The first-order valence-corrected chi connectivity index (χ1v) is 11.2. The van der Waals surface area contributed by atoms with Gasteiger partial charge in [-0.05, 0) is 42.8 Å². The van der Waals surface area contributed by atoms with Gasteiger partial charge < -0.3 is 24.4 Å². The van der Waals surface area contributed by atoms with Crippen LogP contribution in [0.15, 0.2) is 18.2 Å². The smallest absolute Gasteiger partial charge is 0.169 e. The summed E-state index contributed by atoms with van der Waals surface area (Å²) in [5.74, 6) is 1.50. The van der Waals surface area contributed by atoms with E-state index in [2.05, 4.69) is 21.2 Å². The molecular weight excluding hydrogens is 386 g/mol. The largest absolute Gasteiger partial charge is 0.493 e. The van der Waals surface area contributed by atoms with Crippen molar-refractivity contribution in [2.45, 2.75) is 44.7 Å². The minimum absolute atomic E-state index is 0.507. The highest BCUT2D eigenvalue weighted by atomic mass is 32.1. The zero-order valence-electron chi connectivity index (χ0n) is 17.8. The Labute approximate surface area is 180 Å². The first kappa shape index (κ1) is 22.1. The van der Waals surface area contributed by atoms with Crippen LogP contribution < -0.4 is 14.8 Å². The average molecular weight is 422 g/mol. The molecule has 2 aliphatic rings. The van der Waals surface area contributed by atoms with Crippen molar-refractivity contribution >= 4 is 17.3 Å². The average Bonchev–Trinajstić information content (AvgIpc) is 2.77. The molecule has 0 aromatic heterocycles. The minimum Gasteiger partial charge on any atom is -0.493 e. The van der Waals surface area contributed by atoms with Gasteiger partial charge >= 0.3 is 0 Å². The molecule has 0 radical (unpaired) electrons. The SMILES string of the molecule is COc1ccc(CN(CCN2CCOCC2)C(=S)NC2CCCCC2)cc1OC. The summed E-state index contributed by atoms with van der Waals surface area (Å²) in [5.41, 5.74) is 1.16. The monoisotopic (exact) mass is 421 g/mol. The molecule has 1 saturated carbocycles. The highest BCUT2D eigenvalue weighted by Crippen LogP contribution is 2.28. The Hall–Kier alpha value is -1.57.